The Bertz CT molecular complexity index is 271. The highest BCUT2D eigenvalue weighted by atomic mass is 32.2. The molecule has 6 heteroatoms. The molecule has 1 rings (SSSR count). The van der Waals surface area contributed by atoms with Crippen LogP contribution in [0.3, 0.4) is 0 Å². The minimum atomic E-state index is -0.165. The smallest absolute Gasteiger partial charge is 0.227 e. The Morgan fingerprint density at radius 2 is 2.38 bits per heavy atom. The lowest BCUT2D eigenvalue weighted by Crippen LogP contribution is -2.40. The second-order valence-corrected chi connectivity index (χ2v) is 5.19. The summed E-state index contributed by atoms with van der Waals surface area (Å²) >= 11 is 1.86. The fourth-order valence-corrected chi connectivity index (χ4v) is 2.80. The van der Waals surface area contributed by atoms with Crippen molar-refractivity contribution in [1.82, 2.24) is 5.32 Å². The molecule has 0 aliphatic heterocycles. The molecule has 1 aliphatic rings. The summed E-state index contributed by atoms with van der Waals surface area (Å²) < 4.78 is 0. The van der Waals surface area contributed by atoms with Crippen LogP contribution < -0.4 is 11.1 Å². The summed E-state index contributed by atoms with van der Waals surface area (Å²) in [6.07, 6.45) is 6.50. The van der Waals surface area contributed by atoms with Gasteiger partial charge in [0, 0.05) is 11.3 Å². The quantitative estimate of drug-likeness (QED) is 0.297. The van der Waals surface area contributed by atoms with E-state index in [9.17, 15) is 4.79 Å². The molecule has 4 N–H and O–H groups in total. The Morgan fingerprint density at radius 3 is 3.00 bits per heavy atom. The van der Waals surface area contributed by atoms with Gasteiger partial charge in [0.15, 0.2) is 0 Å². The van der Waals surface area contributed by atoms with Crippen molar-refractivity contribution in [2.75, 3.05) is 6.26 Å². The number of nitrogens with two attached hydrogens (primary N) is 1. The highest BCUT2D eigenvalue weighted by Gasteiger charge is 2.22. The molecule has 1 amide bonds. The first kappa shape index (κ1) is 13.2. The van der Waals surface area contributed by atoms with Crippen LogP contribution in [0.1, 0.15) is 32.1 Å². The van der Waals surface area contributed by atoms with Gasteiger partial charge in [-0.05, 0) is 25.5 Å². The predicted octanol–water partition coefficient (Wildman–Crippen LogP) is 0.913. The minimum absolute atomic E-state index is 0.0308. The van der Waals surface area contributed by atoms with E-state index in [2.05, 4.69) is 16.7 Å². The lowest BCUT2D eigenvalue weighted by Gasteiger charge is -2.28. The highest BCUT2D eigenvalue weighted by Crippen LogP contribution is 2.26. The first-order valence-corrected chi connectivity index (χ1v) is 6.73. The number of nitrogens with zero attached hydrogens (tertiary/aromatic N) is 1. The number of hydrogen-bond acceptors (Lipinski definition) is 4. The van der Waals surface area contributed by atoms with E-state index in [1.165, 1.54) is 6.42 Å². The van der Waals surface area contributed by atoms with E-state index in [-0.39, 0.29) is 24.2 Å². The number of hydrogen-bond donors (Lipinski definition) is 3. The fraction of sp³-hybridized carbons (Fsp3) is 0.800. The molecule has 1 aliphatic carbocycles. The Kier molecular flexibility index (Phi) is 5.45. The van der Waals surface area contributed by atoms with Crippen molar-refractivity contribution in [1.29, 1.82) is 0 Å². The summed E-state index contributed by atoms with van der Waals surface area (Å²) in [7, 11) is 0. The SMILES string of the molecule is CSC1CCCC(NC(=O)CC(N)=NO)C1. The Balaban J connectivity index is 2.33. The van der Waals surface area contributed by atoms with Crippen LogP contribution >= 0.6 is 11.8 Å². The van der Waals surface area contributed by atoms with Crippen LogP contribution in [0.2, 0.25) is 0 Å². The zero-order valence-electron chi connectivity index (χ0n) is 9.48. The van der Waals surface area contributed by atoms with Crippen LogP contribution in [0.15, 0.2) is 5.16 Å². The molecule has 1 saturated carbocycles. The molecule has 0 heterocycles. The van der Waals surface area contributed by atoms with E-state index >= 15 is 0 Å². The minimum Gasteiger partial charge on any atom is -0.409 e. The Morgan fingerprint density at radius 1 is 1.62 bits per heavy atom. The predicted molar refractivity (Wildman–Crippen MR) is 65.7 cm³/mol. The van der Waals surface area contributed by atoms with Crippen molar-refractivity contribution in [2.45, 2.75) is 43.4 Å². The molecule has 0 aromatic carbocycles. The molecular weight excluding hydrogens is 226 g/mol. The molecule has 0 saturated heterocycles. The van der Waals surface area contributed by atoms with Crippen molar-refractivity contribution in [3.05, 3.63) is 0 Å². The van der Waals surface area contributed by atoms with E-state index in [0.29, 0.717) is 5.25 Å². The van der Waals surface area contributed by atoms with E-state index in [1.807, 2.05) is 11.8 Å². The van der Waals surface area contributed by atoms with Gasteiger partial charge in [0.05, 0.1) is 6.42 Å². The number of carbonyl (C=O) groups excluding carboxylic acids is 1. The number of oxime groups is 1. The molecule has 0 radical (unpaired) electrons. The van der Waals surface area contributed by atoms with E-state index in [4.69, 9.17) is 10.9 Å². The summed E-state index contributed by atoms with van der Waals surface area (Å²) in [4.78, 5) is 11.5. The van der Waals surface area contributed by atoms with Gasteiger partial charge in [0.25, 0.3) is 0 Å². The van der Waals surface area contributed by atoms with Crippen LogP contribution in [-0.4, -0.2) is 34.5 Å². The van der Waals surface area contributed by atoms with Crippen LogP contribution in [0, 0.1) is 0 Å². The summed E-state index contributed by atoms with van der Waals surface area (Å²) in [5.41, 5.74) is 5.27. The fourth-order valence-electron chi connectivity index (χ4n) is 1.97. The summed E-state index contributed by atoms with van der Waals surface area (Å²) in [6.45, 7) is 0. The number of carbonyl (C=O) groups is 1. The largest absolute Gasteiger partial charge is 0.409 e. The average molecular weight is 245 g/mol. The topological polar surface area (TPSA) is 87.7 Å². The van der Waals surface area contributed by atoms with Crippen LogP contribution in [0.5, 0.6) is 0 Å². The van der Waals surface area contributed by atoms with Gasteiger partial charge in [-0.25, -0.2) is 0 Å². The number of thioether (sulfide) groups is 1. The first-order valence-electron chi connectivity index (χ1n) is 5.44. The Hall–Kier alpha value is -0.910. The normalized spacial score (nSPS) is 26.4. The molecule has 16 heavy (non-hydrogen) atoms. The van der Waals surface area contributed by atoms with Crippen LogP contribution in [-0.2, 0) is 4.79 Å². The van der Waals surface area contributed by atoms with Crippen molar-refractivity contribution < 1.29 is 10.0 Å². The average Bonchev–Trinajstić information content (AvgIpc) is 2.28. The van der Waals surface area contributed by atoms with E-state index < -0.39 is 0 Å². The van der Waals surface area contributed by atoms with Gasteiger partial charge in [-0.15, -0.1) is 0 Å². The molecule has 2 atom stereocenters. The molecule has 0 spiro atoms. The molecule has 0 aromatic rings. The molecule has 92 valence electrons. The van der Waals surface area contributed by atoms with E-state index in [0.717, 1.165) is 19.3 Å². The molecular formula is C10H19N3O2S. The third-order valence-corrected chi connectivity index (χ3v) is 3.89. The highest BCUT2D eigenvalue weighted by molar-refractivity contribution is 7.99. The standard InChI is InChI=1S/C10H19N3O2S/c1-16-8-4-2-3-7(5-8)12-10(14)6-9(11)13-15/h7-8,15H,2-6H2,1H3,(H2,11,13)(H,12,14). The third-order valence-electron chi connectivity index (χ3n) is 2.79. The van der Waals surface area contributed by atoms with Gasteiger partial charge >= 0.3 is 0 Å². The molecule has 0 bridgehead atoms. The summed E-state index contributed by atoms with van der Waals surface area (Å²) in [5.74, 6) is -0.211. The maximum absolute atomic E-state index is 11.5. The first-order chi connectivity index (χ1) is 7.65. The molecule has 1 fully saturated rings. The number of nitrogens with one attached hydrogen (secondary N) is 1. The maximum Gasteiger partial charge on any atom is 0.227 e. The zero-order valence-corrected chi connectivity index (χ0v) is 10.3. The van der Waals surface area contributed by atoms with Crippen LogP contribution in [0.4, 0.5) is 0 Å². The van der Waals surface area contributed by atoms with Gasteiger partial charge in [0.2, 0.25) is 5.91 Å². The van der Waals surface area contributed by atoms with Crippen molar-refractivity contribution in [3.63, 3.8) is 0 Å². The van der Waals surface area contributed by atoms with Crippen molar-refractivity contribution >= 4 is 23.5 Å². The van der Waals surface area contributed by atoms with E-state index in [1.54, 1.807) is 0 Å². The van der Waals surface area contributed by atoms with Gasteiger partial charge in [-0.3, -0.25) is 4.79 Å². The monoisotopic (exact) mass is 245 g/mol. The van der Waals surface area contributed by atoms with Gasteiger partial charge in [-0.1, -0.05) is 11.6 Å². The molecule has 5 nitrogen and oxygen atoms in total. The summed E-state index contributed by atoms with van der Waals surface area (Å²) in [6, 6.07) is 0.241. The van der Waals surface area contributed by atoms with Gasteiger partial charge in [-0.2, -0.15) is 11.8 Å². The van der Waals surface area contributed by atoms with Crippen molar-refractivity contribution in [2.24, 2.45) is 10.9 Å². The third kappa shape index (κ3) is 4.30. The number of rotatable bonds is 4. The number of amides is 1. The Labute approximate surface area is 99.8 Å². The second kappa shape index (κ2) is 6.62. The van der Waals surface area contributed by atoms with Gasteiger partial charge < -0.3 is 16.3 Å². The maximum atomic E-state index is 11.5. The number of amidine groups is 1. The molecule has 0 aromatic heterocycles. The zero-order chi connectivity index (χ0) is 12.0. The lowest BCUT2D eigenvalue weighted by atomic mass is 9.95. The second-order valence-electron chi connectivity index (χ2n) is 4.06. The van der Waals surface area contributed by atoms with Gasteiger partial charge in [0.1, 0.15) is 5.84 Å². The van der Waals surface area contributed by atoms with Crippen molar-refractivity contribution in [3.8, 4) is 0 Å². The summed E-state index contributed by atoms with van der Waals surface area (Å²) in [5, 5.41) is 14.7. The van der Waals surface area contributed by atoms with Crippen LogP contribution in [0.25, 0.3) is 0 Å². The molecule has 2 unspecified atom stereocenters. The lowest BCUT2D eigenvalue weighted by molar-refractivity contribution is -0.120.